The van der Waals surface area contributed by atoms with Crippen LogP contribution >= 0.6 is 0 Å². The summed E-state index contributed by atoms with van der Waals surface area (Å²) < 4.78 is 0. The molecular formula is C19H28N2O. The van der Waals surface area contributed by atoms with Crippen molar-refractivity contribution in [1.29, 1.82) is 0 Å². The largest absolute Gasteiger partial charge is 0.343 e. The van der Waals surface area contributed by atoms with E-state index in [4.69, 9.17) is 0 Å². The van der Waals surface area contributed by atoms with Crippen molar-refractivity contribution in [3.63, 3.8) is 0 Å². The van der Waals surface area contributed by atoms with E-state index in [1.807, 2.05) is 4.90 Å². The fourth-order valence-corrected chi connectivity index (χ4v) is 4.10. The van der Waals surface area contributed by atoms with E-state index in [0.29, 0.717) is 11.9 Å². The third-order valence-electron chi connectivity index (χ3n) is 5.50. The highest BCUT2D eigenvalue weighted by molar-refractivity contribution is 5.78. The van der Waals surface area contributed by atoms with Gasteiger partial charge in [0.25, 0.3) is 0 Å². The number of nitrogens with zero attached hydrogens (tertiary/aromatic N) is 2. The minimum absolute atomic E-state index is 0.250. The van der Waals surface area contributed by atoms with Gasteiger partial charge in [-0.2, -0.15) is 0 Å². The van der Waals surface area contributed by atoms with Crippen molar-refractivity contribution in [2.45, 2.75) is 45.6 Å². The second-order valence-electron chi connectivity index (χ2n) is 6.65. The molecule has 22 heavy (non-hydrogen) atoms. The Bertz CT molecular complexity index is 491. The summed E-state index contributed by atoms with van der Waals surface area (Å²) in [4.78, 5) is 17.1. The van der Waals surface area contributed by atoms with Gasteiger partial charge in [-0.05, 0) is 63.7 Å². The zero-order valence-electron chi connectivity index (χ0n) is 13.9. The molecule has 3 heteroatoms. The van der Waals surface area contributed by atoms with E-state index in [1.165, 1.54) is 24.0 Å². The molecule has 0 aromatic heterocycles. The third-order valence-corrected chi connectivity index (χ3v) is 5.50. The quantitative estimate of drug-likeness (QED) is 0.853. The van der Waals surface area contributed by atoms with Gasteiger partial charge < -0.3 is 4.90 Å². The van der Waals surface area contributed by atoms with E-state index in [9.17, 15) is 4.79 Å². The standard InChI is InChI=1S/C19H28N2O/c1-3-20(4-2)19(22)15-9-11-21(12-10-15)18-13-16-7-5-6-8-17(16)14-18/h5-8,15,18H,3-4,9-14H2,1-2H3. The molecule has 0 atom stereocenters. The van der Waals surface area contributed by atoms with Crippen LogP contribution in [0.2, 0.25) is 0 Å². The van der Waals surface area contributed by atoms with E-state index in [2.05, 4.69) is 43.0 Å². The second-order valence-corrected chi connectivity index (χ2v) is 6.65. The molecule has 0 radical (unpaired) electrons. The summed E-state index contributed by atoms with van der Waals surface area (Å²) in [5.74, 6) is 0.624. The van der Waals surface area contributed by atoms with E-state index < -0.39 is 0 Å². The van der Waals surface area contributed by atoms with Crippen LogP contribution < -0.4 is 0 Å². The fourth-order valence-electron chi connectivity index (χ4n) is 4.10. The average Bonchev–Trinajstić information content (AvgIpc) is 3.00. The van der Waals surface area contributed by atoms with Gasteiger partial charge in [0.2, 0.25) is 5.91 Å². The van der Waals surface area contributed by atoms with Crippen LogP contribution in [-0.2, 0) is 17.6 Å². The lowest BCUT2D eigenvalue weighted by molar-refractivity contribution is -0.136. The number of carbonyl (C=O) groups is 1. The van der Waals surface area contributed by atoms with Crippen LogP contribution in [0.3, 0.4) is 0 Å². The molecular weight excluding hydrogens is 272 g/mol. The van der Waals surface area contributed by atoms with Crippen LogP contribution in [0.25, 0.3) is 0 Å². The summed E-state index contributed by atoms with van der Waals surface area (Å²) in [5.41, 5.74) is 3.04. The van der Waals surface area contributed by atoms with Crippen LogP contribution in [0.5, 0.6) is 0 Å². The Balaban J connectivity index is 1.54. The number of rotatable bonds is 4. The van der Waals surface area contributed by atoms with Gasteiger partial charge >= 0.3 is 0 Å². The fraction of sp³-hybridized carbons (Fsp3) is 0.632. The molecule has 1 heterocycles. The Hall–Kier alpha value is -1.35. The molecule has 3 nitrogen and oxygen atoms in total. The number of likely N-dealkylation sites (tertiary alicyclic amines) is 1. The number of piperidine rings is 1. The van der Waals surface area contributed by atoms with Gasteiger partial charge in [-0.15, -0.1) is 0 Å². The molecule has 120 valence electrons. The van der Waals surface area contributed by atoms with Crippen LogP contribution in [-0.4, -0.2) is 47.9 Å². The van der Waals surface area contributed by atoms with E-state index in [1.54, 1.807) is 0 Å². The van der Waals surface area contributed by atoms with Gasteiger partial charge in [0.1, 0.15) is 0 Å². The highest BCUT2D eigenvalue weighted by Gasteiger charge is 2.32. The summed E-state index contributed by atoms with van der Waals surface area (Å²) in [6, 6.07) is 9.49. The summed E-state index contributed by atoms with van der Waals surface area (Å²) in [5, 5.41) is 0. The van der Waals surface area contributed by atoms with Crippen LogP contribution in [0.15, 0.2) is 24.3 Å². The van der Waals surface area contributed by atoms with Crippen molar-refractivity contribution in [2.75, 3.05) is 26.2 Å². The van der Waals surface area contributed by atoms with Gasteiger partial charge in [0, 0.05) is 25.0 Å². The first-order valence-electron chi connectivity index (χ1n) is 8.82. The average molecular weight is 300 g/mol. The summed E-state index contributed by atoms with van der Waals surface area (Å²) in [7, 11) is 0. The van der Waals surface area contributed by atoms with E-state index >= 15 is 0 Å². The molecule has 1 aromatic carbocycles. The molecule has 1 aliphatic heterocycles. The molecule has 0 spiro atoms. The Labute approximate surface area is 134 Å². The molecule has 1 aromatic rings. The molecule has 0 N–H and O–H groups in total. The van der Waals surface area contributed by atoms with Crippen LogP contribution in [0.4, 0.5) is 0 Å². The number of hydrogen-bond donors (Lipinski definition) is 0. The minimum atomic E-state index is 0.250. The maximum absolute atomic E-state index is 12.5. The van der Waals surface area contributed by atoms with Gasteiger partial charge in [-0.25, -0.2) is 0 Å². The Morgan fingerprint density at radius 3 is 2.14 bits per heavy atom. The Morgan fingerprint density at radius 2 is 1.64 bits per heavy atom. The van der Waals surface area contributed by atoms with Crippen molar-refractivity contribution in [1.82, 2.24) is 9.80 Å². The first kappa shape index (κ1) is 15.5. The third kappa shape index (κ3) is 3.05. The maximum atomic E-state index is 12.5. The summed E-state index contributed by atoms with van der Waals surface area (Å²) in [6.45, 7) is 7.99. The van der Waals surface area contributed by atoms with E-state index in [0.717, 1.165) is 39.0 Å². The summed E-state index contributed by atoms with van der Waals surface area (Å²) in [6.07, 6.45) is 4.43. The van der Waals surface area contributed by atoms with Crippen molar-refractivity contribution >= 4 is 5.91 Å². The normalized spacial score (nSPS) is 20.1. The topological polar surface area (TPSA) is 23.6 Å². The molecule has 0 saturated carbocycles. The first-order chi connectivity index (χ1) is 10.7. The molecule has 3 rings (SSSR count). The van der Waals surface area contributed by atoms with Gasteiger partial charge in [-0.1, -0.05) is 24.3 Å². The predicted molar refractivity (Wildman–Crippen MR) is 89.9 cm³/mol. The van der Waals surface area contributed by atoms with Gasteiger partial charge in [0.05, 0.1) is 0 Å². The molecule has 1 aliphatic carbocycles. The molecule has 0 bridgehead atoms. The molecule has 2 aliphatic rings. The van der Waals surface area contributed by atoms with E-state index in [-0.39, 0.29) is 5.92 Å². The number of fused-ring (bicyclic) bond motifs is 1. The molecule has 1 fully saturated rings. The Kier molecular flexibility index (Phi) is 4.82. The number of amides is 1. The lowest BCUT2D eigenvalue weighted by Crippen LogP contribution is -2.46. The highest BCUT2D eigenvalue weighted by atomic mass is 16.2. The van der Waals surface area contributed by atoms with Crippen molar-refractivity contribution in [2.24, 2.45) is 5.92 Å². The lowest BCUT2D eigenvalue weighted by atomic mass is 9.93. The molecule has 1 saturated heterocycles. The first-order valence-corrected chi connectivity index (χ1v) is 8.82. The zero-order chi connectivity index (χ0) is 15.5. The zero-order valence-corrected chi connectivity index (χ0v) is 13.9. The van der Waals surface area contributed by atoms with Crippen molar-refractivity contribution < 1.29 is 4.79 Å². The highest BCUT2D eigenvalue weighted by Crippen LogP contribution is 2.29. The second kappa shape index (κ2) is 6.82. The van der Waals surface area contributed by atoms with Crippen LogP contribution in [0.1, 0.15) is 37.8 Å². The van der Waals surface area contributed by atoms with Crippen molar-refractivity contribution in [3.05, 3.63) is 35.4 Å². The lowest BCUT2D eigenvalue weighted by Gasteiger charge is -2.37. The number of benzene rings is 1. The number of hydrogen-bond acceptors (Lipinski definition) is 2. The van der Waals surface area contributed by atoms with Gasteiger partial charge in [0.15, 0.2) is 0 Å². The smallest absolute Gasteiger partial charge is 0.225 e. The predicted octanol–water partition coefficient (Wildman–Crippen LogP) is 2.73. The summed E-state index contributed by atoms with van der Waals surface area (Å²) >= 11 is 0. The number of carbonyl (C=O) groups excluding carboxylic acids is 1. The Morgan fingerprint density at radius 1 is 1.09 bits per heavy atom. The SMILES string of the molecule is CCN(CC)C(=O)C1CCN(C2Cc3ccccc3C2)CC1. The van der Waals surface area contributed by atoms with Crippen LogP contribution in [0, 0.1) is 5.92 Å². The maximum Gasteiger partial charge on any atom is 0.225 e. The molecule has 1 amide bonds. The van der Waals surface area contributed by atoms with Gasteiger partial charge in [-0.3, -0.25) is 9.69 Å². The minimum Gasteiger partial charge on any atom is -0.343 e. The molecule has 0 unspecified atom stereocenters. The monoisotopic (exact) mass is 300 g/mol. The van der Waals surface area contributed by atoms with Crippen molar-refractivity contribution in [3.8, 4) is 0 Å².